The van der Waals surface area contributed by atoms with Crippen LogP contribution >= 0.6 is 15.9 Å². The van der Waals surface area contributed by atoms with Crippen LogP contribution in [-0.2, 0) is 0 Å². The van der Waals surface area contributed by atoms with Gasteiger partial charge in [0.25, 0.3) is 0 Å². The molecule has 100 valence electrons. The summed E-state index contributed by atoms with van der Waals surface area (Å²) in [5, 5.41) is 3.44. The van der Waals surface area contributed by atoms with Crippen molar-refractivity contribution >= 4 is 15.9 Å². The van der Waals surface area contributed by atoms with E-state index in [1.54, 1.807) is 0 Å². The Morgan fingerprint density at radius 1 is 1.56 bits per heavy atom. The van der Waals surface area contributed by atoms with Crippen LogP contribution in [0.2, 0.25) is 0 Å². The topological polar surface area (TPSA) is 15.3 Å². The first-order chi connectivity index (χ1) is 8.56. The average Bonchev–Trinajstić information content (AvgIpc) is 2.72. The van der Waals surface area contributed by atoms with Crippen LogP contribution in [-0.4, -0.2) is 31.6 Å². The van der Waals surface area contributed by atoms with Gasteiger partial charge >= 0.3 is 0 Å². The minimum absolute atomic E-state index is 0.0593. The van der Waals surface area contributed by atoms with Gasteiger partial charge < -0.3 is 10.2 Å². The molecule has 1 N–H and O–H groups in total. The molecule has 2 nitrogen and oxygen atoms in total. The van der Waals surface area contributed by atoms with Crippen LogP contribution in [0.25, 0.3) is 0 Å². The number of likely N-dealkylation sites (tertiary alicyclic amines) is 1. The molecule has 2 rings (SSSR count). The quantitative estimate of drug-likeness (QED) is 0.918. The van der Waals surface area contributed by atoms with E-state index in [2.05, 4.69) is 33.2 Å². The fourth-order valence-corrected chi connectivity index (χ4v) is 2.83. The molecule has 1 saturated heterocycles. The zero-order chi connectivity index (χ0) is 13.1. The number of nitrogens with zero attached hydrogens (tertiary/aromatic N) is 1. The number of nitrogens with one attached hydrogen (secondary N) is 1. The minimum Gasteiger partial charge on any atom is -0.310 e. The van der Waals surface area contributed by atoms with Crippen molar-refractivity contribution in [1.82, 2.24) is 10.2 Å². The Morgan fingerprint density at radius 3 is 2.94 bits per heavy atom. The molecule has 2 atom stereocenters. The molecule has 1 aliphatic rings. The van der Waals surface area contributed by atoms with E-state index in [4.69, 9.17) is 0 Å². The van der Waals surface area contributed by atoms with Crippen LogP contribution in [0.1, 0.15) is 24.9 Å². The fraction of sp³-hybridized carbons (Fsp3) is 0.571. The summed E-state index contributed by atoms with van der Waals surface area (Å²) in [6.07, 6.45) is 1.24. The zero-order valence-corrected chi connectivity index (χ0v) is 12.5. The summed E-state index contributed by atoms with van der Waals surface area (Å²) in [5.41, 5.74) is 0.740. The number of rotatable bonds is 4. The summed E-state index contributed by atoms with van der Waals surface area (Å²) in [7, 11) is 2.15. The molecule has 0 saturated carbocycles. The first-order valence-corrected chi connectivity index (χ1v) is 7.22. The molecule has 0 aromatic heterocycles. The van der Waals surface area contributed by atoms with Crippen LogP contribution in [0, 0.1) is 11.7 Å². The van der Waals surface area contributed by atoms with Crippen molar-refractivity contribution in [3.8, 4) is 0 Å². The molecular weight excluding hydrogens is 295 g/mol. The van der Waals surface area contributed by atoms with Gasteiger partial charge in [0.1, 0.15) is 5.82 Å². The standard InChI is InChI=1S/C14H20BrFN2/c1-10(13-4-3-12(15)7-14(13)16)17-8-11-5-6-18(2)9-11/h3-4,7,10-11,17H,5-6,8-9H2,1-2H3. The van der Waals surface area contributed by atoms with E-state index in [0.29, 0.717) is 5.92 Å². The Morgan fingerprint density at radius 2 is 2.33 bits per heavy atom. The lowest BCUT2D eigenvalue weighted by molar-refractivity contribution is 0.380. The highest BCUT2D eigenvalue weighted by molar-refractivity contribution is 9.10. The first kappa shape index (κ1) is 14.0. The van der Waals surface area contributed by atoms with Crippen molar-refractivity contribution in [3.63, 3.8) is 0 Å². The summed E-state index contributed by atoms with van der Waals surface area (Å²) >= 11 is 3.28. The number of halogens is 2. The molecule has 0 spiro atoms. The zero-order valence-electron chi connectivity index (χ0n) is 10.9. The highest BCUT2D eigenvalue weighted by Gasteiger charge is 2.20. The third kappa shape index (κ3) is 3.53. The smallest absolute Gasteiger partial charge is 0.129 e. The summed E-state index contributed by atoms with van der Waals surface area (Å²) in [6, 6.07) is 5.32. The first-order valence-electron chi connectivity index (χ1n) is 6.43. The van der Waals surface area contributed by atoms with Crippen molar-refractivity contribution < 1.29 is 4.39 Å². The maximum atomic E-state index is 13.8. The second kappa shape index (κ2) is 6.13. The van der Waals surface area contributed by atoms with Crippen molar-refractivity contribution in [1.29, 1.82) is 0 Å². The second-order valence-electron chi connectivity index (χ2n) is 5.21. The van der Waals surface area contributed by atoms with Gasteiger partial charge in [-0.25, -0.2) is 4.39 Å². The third-order valence-corrected chi connectivity index (χ3v) is 4.12. The summed E-state index contributed by atoms with van der Waals surface area (Å²) in [6.45, 7) is 5.29. The third-order valence-electron chi connectivity index (χ3n) is 3.63. The Kier molecular flexibility index (Phi) is 4.76. The van der Waals surface area contributed by atoms with Gasteiger partial charge in [-0.05, 0) is 51.5 Å². The van der Waals surface area contributed by atoms with Gasteiger partial charge in [0.2, 0.25) is 0 Å². The van der Waals surface area contributed by atoms with Gasteiger partial charge in [-0.15, -0.1) is 0 Å². The molecule has 0 bridgehead atoms. The lowest BCUT2D eigenvalue weighted by atomic mass is 10.1. The van der Waals surface area contributed by atoms with Crippen molar-refractivity contribution in [2.24, 2.45) is 5.92 Å². The van der Waals surface area contributed by atoms with E-state index < -0.39 is 0 Å². The Hall–Kier alpha value is -0.450. The van der Waals surface area contributed by atoms with Gasteiger partial charge in [0.15, 0.2) is 0 Å². The molecule has 1 aromatic rings. The minimum atomic E-state index is -0.145. The molecule has 1 aliphatic heterocycles. The van der Waals surface area contributed by atoms with Crippen LogP contribution in [0.15, 0.2) is 22.7 Å². The lowest BCUT2D eigenvalue weighted by Crippen LogP contribution is -2.27. The molecule has 0 aliphatic carbocycles. The van der Waals surface area contributed by atoms with E-state index in [1.165, 1.54) is 19.0 Å². The molecule has 1 heterocycles. The Balaban J connectivity index is 1.89. The molecule has 2 unspecified atom stereocenters. The predicted octanol–water partition coefficient (Wildman–Crippen LogP) is 3.19. The van der Waals surface area contributed by atoms with Crippen LogP contribution < -0.4 is 5.32 Å². The van der Waals surface area contributed by atoms with Gasteiger partial charge in [-0.2, -0.15) is 0 Å². The molecule has 0 amide bonds. The molecular formula is C14H20BrFN2. The average molecular weight is 315 g/mol. The van der Waals surface area contributed by atoms with Gasteiger partial charge in [-0.3, -0.25) is 0 Å². The highest BCUT2D eigenvalue weighted by Crippen LogP contribution is 2.21. The van der Waals surface area contributed by atoms with Gasteiger partial charge in [0, 0.05) is 22.6 Å². The monoisotopic (exact) mass is 314 g/mol. The van der Waals surface area contributed by atoms with Crippen molar-refractivity contribution in [2.45, 2.75) is 19.4 Å². The van der Waals surface area contributed by atoms with E-state index in [9.17, 15) is 4.39 Å². The van der Waals surface area contributed by atoms with E-state index in [0.717, 1.165) is 23.1 Å². The second-order valence-corrected chi connectivity index (χ2v) is 6.13. The van der Waals surface area contributed by atoms with Crippen molar-refractivity contribution in [3.05, 3.63) is 34.1 Å². The van der Waals surface area contributed by atoms with E-state index in [-0.39, 0.29) is 11.9 Å². The maximum absolute atomic E-state index is 13.8. The predicted molar refractivity (Wildman–Crippen MR) is 76.1 cm³/mol. The highest BCUT2D eigenvalue weighted by atomic mass is 79.9. The molecule has 4 heteroatoms. The molecule has 1 aromatic carbocycles. The number of benzene rings is 1. The van der Waals surface area contributed by atoms with E-state index in [1.807, 2.05) is 19.1 Å². The fourth-order valence-electron chi connectivity index (χ4n) is 2.50. The van der Waals surface area contributed by atoms with Crippen LogP contribution in [0.4, 0.5) is 4.39 Å². The summed E-state index contributed by atoms with van der Waals surface area (Å²) < 4.78 is 14.6. The van der Waals surface area contributed by atoms with Crippen molar-refractivity contribution in [2.75, 3.05) is 26.7 Å². The summed E-state index contributed by atoms with van der Waals surface area (Å²) in [4.78, 5) is 2.34. The van der Waals surface area contributed by atoms with Crippen LogP contribution in [0.3, 0.4) is 0 Å². The largest absolute Gasteiger partial charge is 0.310 e. The normalized spacial score (nSPS) is 22.3. The Labute approximate surface area is 117 Å². The van der Waals surface area contributed by atoms with E-state index >= 15 is 0 Å². The Bertz CT molecular complexity index is 411. The van der Waals surface area contributed by atoms with Gasteiger partial charge in [-0.1, -0.05) is 22.0 Å². The lowest BCUT2D eigenvalue weighted by Gasteiger charge is -2.18. The number of hydrogen-bond acceptors (Lipinski definition) is 2. The SMILES string of the molecule is CC(NCC1CCN(C)C1)c1ccc(Br)cc1F. The van der Waals surface area contributed by atoms with Gasteiger partial charge in [0.05, 0.1) is 0 Å². The molecule has 0 radical (unpaired) electrons. The molecule has 1 fully saturated rings. The number of hydrogen-bond donors (Lipinski definition) is 1. The van der Waals surface area contributed by atoms with Crippen LogP contribution in [0.5, 0.6) is 0 Å². The molecule has 18 heavy (non-hydrogen) atoms. The summed E-state index contributed by atoms with van der Waals surface area (Å²) in [5.74, 6) is 0.545. The maximum Gasteiger partial charge on any atom is 0.129 e.